The molecule has 0 spiro atoms. The van der Waals surface area contributed by atoms with Crippen LogP contribution < -0.4 is 0 Å². The molecular weight excluding hydrogens is 646 g/mol. The number of rotatable bonds is 9. The monoisotopic (exact) mass is 664 g/mol. The molecule has 2 atom stereocenters. The van der Waals surface area contributed by atoms with Crippen LogP contribution in [-0.2, 0) is 22.2 Å². The molecule has 1 unspecified atom stereocenters. The molecule has 240 valence electrons. The Kier molecular flexibility index (Phi) is 10.4. The minimum atomic E-state index is -5.51. The molecule has 0 aliphatic heterocycles. The van der Waals surface area contributed by atoms with E-state index in [1.807, 2.05) is 0 Å². The molecular formula is C25H18F14O3S. The summed E-state index contributed by atoms with van der Waals surface area (Å²) in [7, 11) is -4.81. The van der Waals surface area contributed by atoms with Gasteiger partial charge in [-0.1, -0.05) is 25.1 Å². The molecule has 43 heavy (non-hydrogen) atoms. The Bertz CT molecular complexity index is 1470. The highest BCUT2D eigenvalue weighted by molar-refractivity contribution is 7.91. The Hall–Kier alpha value is -3.18. The van der Waals surface area contributed by atoms with E-state index < -0.39 is 110 Å². The zero-order valence-corrected chi connectivity index (χ0v) is 22.1. The SMILES string of the molecule is C[C@@H](CC(=O)c1ccc(/C(F)=C/C(c2ccc(F)c(C(F)(F)F)c2)C(F)(F)F)cc1C(F)(F)F)CS(=O)(=O)CC(F)(F)F. The number of benzene rings is 2. The molecule has 0 saturated carbocycles. The van der Waals surface area contributed by atoms with Crippen molar-refractivity contribution in [1.29, 1.82) is 0 Å². The van der Waals surface area contributed by atoms with Gasteiger partial charge in [-0.25, -0.2) is 17.2 Å². The van der Waals surface area contributed by atoms with Gasteiger partial charge in [0.2, 0.25) is 0 Å². The van der Waals surface area contributed by atoms with Crippen molar-refractivity contribution in [1.82, 2.24) is 0 Å². The third-order valence-electron chi connectivity index (χ3n) is 5.68. The number of carbonyl (C=O) groups is 1. The third-order valence-corrected chi connectivity index (χ3v) is 7.52. The number of halogens is 14. The van der Waals surface area contributed by atoms with Gasteiger partial charge in [0.05, 0.1) is 16.9 Å². The van der Waals surface area contributed by atoms with E-state index in [-0.39, 0.29) is 30.3 Å². The molecule has 0 fully saturated rings. The molecule has 2 aromatic rings. The van der Waals surface area contributed by atoms with Crippen LogP contribution in [-0.4, -0.2) is 38.1 Å². The predicted molar refractivity (Wildman–Crippen MR) is 124 cm³/mol. The van der Waals surface area contributed by atoms with Crippen LogP contribution in [0.2, 0.25) is 0 Å². The van der Waals surface area contributed by atoms with Crippen LogP contribution in [0.4, 0.5) is 61.5 Å². The third kappa shape index (κ3) is 10.2. The van der Waals surface area contributed by atoms with Gasteiger partial charge in [0.25, 0.3) is 0 Å². The Balaban J connectivity index is 2.49. The largest absolute Gasteiger partial charge is 0.419 e. The lowest BCUT2D eigenvalue weighted by Crippen LogP contribution is -2.28. The summed E-state index contributed by atoms with van der Waals surface area (Å²) in [5.74, 6) is -13.5. The maximum atomic E-state index is 14.9. The summed E-state index contributed by atoms with van der Waals surface area (Å²) in [5.41, 5.74) is -7.71. The number of ketones is 1. The maximum Gasteiger partial charge on any atom is 0.419 e. The Morgan fingerprint density at radius 3 is 1.88 bits per heavy atom. The maximum absolute atomic E-state index is 14.9. The van der Waals surface area contributed by atoms with E-state index in [4.69, 9.17) is 0 Å². The van der Waals surface area contributed by atoms with Crippen molar-refractivity contribution in [2.75, 3.05) is 11.5 Å². The lowest BCUT2D eigenvalue weighted by Gasteiger charge is -2.20. The van der Waals surface area contributed by atoms with Crippen LogP contribution in [0.15, 0.2) is 42.5 Å². The van der Waals surface area contributed by atoms with Crippen molar-refractivity contribution in [3.63, 3.8) is 0 Å². The normalized spacial score (nSPS) is 15.4. The fourth-order valence-corrected chi connectivity index (χ4v) is 5.57. The average molecular weight is 664 g/mol. The topological polar surface area (TPSA) is 51.2 Å². The fraction of sp³-hybridized carbons (Fsp3) is 0.400. The molecule has 2 aromatic carbocycles. The molecule has 0 N–H and O–H groups in total. The van der Waals surface area contributed by atoms with E-state index in [1.165, 1.54) is 0 Å². The van der Waals surface area contributed by atoms with Gasteiger partial charge >= 0.3 is 24.7 Å². The second-order valence-corrected chi connectivity index (χ2v) is 11.5. The van der Waals surface area contributed by atoms with Crippen molar-refractivity contribution >= 4 is 21.4 Å². The Morgan fingerprint density at radius 2 is 1.40 bits per heavy atom. The molecule has 0 bridgehead atoms. The first kappa shape index (κ1) is 36.0. The Morgan fingerprint density at radius 1 is 0.837 bits per heavy atom. The van der Waals surface area contributed by atoms with E-state index in [0.717, 1.165) is 6.92 Å². The van der Waals surface area contributed by atoms with E-state index in [0.29, 0.717) is 12.1 Å². The summed E-state index contributed by atoms with van der Waals surface area (Å²) in [6, 6.07) is 0.761. The molecule has 18 heteroatoms. The van der Waals surface area contributed by atoms with E-state index in [9.17, 15) is 74.7 Å². The lowest BCUT2D eigenvalue weighted by molar-refractivity contribution is -0.143. The zero-order chi connectivity index (χ0) is 33.3. The van der Waals surface area contributed by atoms with Crippen LogP contribution in [0.25, 0.3) is 5.83 Å². The molecule has 0 amide bonds. The van der Waals surface area contributed by atoms with Gasteiger partial charge in [0.15, 0.2) is 15.6 Å². The summed E-state index contributed by atoms with van der Waals surface area (Å²) in [6.45, 7) is 0.965. The highest BCUT2D eigenvalue weighted by Crippen LogP contribution is 2.42. The van der Waals surface area contributed by atoms with Crippen LogP contribution in [0.3, 0.4) is 0 Å². The zero-order valence-electron chi connectivity index (χ0n) is 21.2. The van der Waals surface area contributed by atoms with Gasteiger partial charge in [-0.2, -0.15) is 52.7 Å². The van der Waals surface area contributed by atoms with E-state index in [1.54, 1.807) is 0 Å². The predicted octanol–water partition coefficient (Wildman–Crippen LogP) is 8.71. The van der Waals surface area contributed by atoms with Gasteiger partial charge in [-0.05, 0) is 35.8 Å². The number of hydrogen-bond donors (Lipinski definition) is 0. The highest BCUT2D eigenvalue weighted by atomic mass is 32.2. The number of hydrogen-bond acceptors (Lipinski definition) is 3. The van der Waals surface area contributed by atoms with Crippen molar-refractivity contribution in [3.8, 4) is 0 Å². The van der Waals surface area contributed by atoms with Gasteiger partial charge in [0, 0.05) is 17.5 Å². The molecule has 0 radical (unpaired) electrons. The van der Waals surface area contributed by atoms with Crippen LogP contribution in [0, 0.1) is 11.7 Å². The highest BCUT2D eigenvalue weighted by Gasteiger charge is 2.43. The number of sulfone groups is 1. The van der Waals surface area contributed by atoms with Crippen LogP contribution in [0.1, 0.15) is 51.9 Å². The summed E-state index contributed by atoms with van der Waals surface area (Å²) in [6.07, 6.45) is -22.9. The van der Waals surface area contributed by atoms with E-state index >= 15 is 0 Å². The Labute approximate surface area is 234 Å². The fourth-order valence-electron chi connectivity index (χ4n) is 3.97. The standard InChI is InChI=1S/C25H18F14O3S/c1-12(10-43(41,42)11-22(28,29)30)6-21(40)15-4-2-14(8-17(15)24(34,35)36)20(27)9-16(23(31,32)33)13-3-5-19(26)18(7-13)25(37,38)39/h2-5,7-9,12,16H,6,10-11H2,1H3/b20-9-/t12-,16?/m0/s1. The smallest absolute Gasteiger partial charge is 0.294 e. The number of carbonyl (C=O) groups excluding carboxylic acids is 1. The minimum absolute atomic E-state index is 0.0418. The van der Waals surface area contributed by atoms with Gasteiger partial charge in [-0.15, -0.1) is 0 Å². The number of allylic oxidation sites excluding steroid dienone is 1. The van der Waals surface area contributed by atoms with Gasteiger partial charge in [-0.3, -0.25) is 4.79 Å². The molecule has 0 aliphatic rings. The van der Waals surface area contributed by atoms with E-state index in [2.05, 4.69) is 0 Å². The van der Waals surface area contributed by atoms with Gasteiger partial charge in [0.1, 0.15) is 23.3 Å². The van der Waals surface area contributed by atoms with Crippen molar-refractivity contribution in [3.05, 3.63) is 76.1 Å². The molecule has 0 aromatic heterocycles. The summed E-state index contributed by atoms with van der Waals surface area (Å²) in [4.78, 5) is 12.5. The number of alkyl halides is 12. The molecule has 3 nitrogen and oxygen atoms in total. The molecule has 0 heterocycles. The minimum Gasteiger partial charge on any atom is -0.294 e. The van der Waals surface area contributed by atoms with Gasteiger partial charge < -0.3 is 0 Å². The lowest BCUT2D eigenvalue weighted by atomic mass is 9.92. The van der Waals surface area contributed by atoms with Crippen molar-refractivity contribution in [2.45, 2.75) is 44.0 Å². The van der Waals surface area contributed by atoms with Crippen molar-refractivity contribution < 1.29 is 74.7 Å². The first-order valence-electron chi connectivity index (χ1n) is 11.5. The van der Waals surface area contributed by atoms with Crippen LogP contribution >= 0.6 is 0 Å². The van der Waals surface area contributed by atoms with Crippen molar-refractivity contribution in [2.24, 2.45) is 5.92 Å². The molecule has 0 saturated heterocycles. The quantitative estimate of drug-likeness (QED) is 0.199. The first-order chi connectivity index (χ1) is 19.2. The van der Waals surface area contributed by atoms with Crippen LogP contribution in [0.5, 0.6) is 0 Å². The second kappa shape index (κ2) is 12.4. The average Bonchev–Trinajstić information content (AvgIpc) is 2.78. The first-order valence-corrected chi connectivity index (χ1v) is 13.4. The molecule has 0 aliphatic carbocycles. The summed E-state index contributed by atoms with van der Waals surface area (Å²) >= 11 is 0. The summed E-state index contributed by atoms with van der Waals surface area (Å²) in [5, 5.41) is 0. The second-order valence-electron chi connectivity index (χ2n) is 9.43. The summed E-state index contributed by atoms with van der Waals surface area (Å²) < 4.78 is 210. The number of Topliss-reactive ketones (excluding diaryl/α,β-unsaturated/α-hetero) is 1. The molecule has 2 rings (SSSR count).